The summed E-state index contributed by atoms with van der Waals surface area (Å²) in [4.78, 5) is 26.8. The SMILES string of the molecule is Cc1cn(C2CC(O)[C@@H](CO)S2)c(=O)n(CN=[N+]=[N-])c1=O. The van der Waals surface area contributed by atoms with E-state index in [4.69, 9.17) is 10.6 Å². The van der Waals surface area contributed by atoms with Gasteiger partial charge in [0, 0.05) is 23.1 Å². The molecule has 3 atom stereocenters. The van der Waals surface area contributed by atoms with E-state index in [9.17, 15) is 14.7 Å². The van der Waals surface area contributed by atoms with Gasteiger partial charge in [-0.25, -0.2) is 4.79 Å². The number of hydrogen-bond donors (Lipinski definition) is 2. The highest BCUT2D eigenvalue weighted by molar-refractivity contribution is 8.00. The van der Waals surface area contributed by atoms with Gasteiger partial charge in [-0.3, -0.25) is 13.9 Å². The van der Waals surface area contributed by atoms with E-state index in [1.165, 1.54) is 22.5 Å². The molecule has 0 amide bonds. The average molecular weight is 313 g/mol. The van der Waals surface area contributed by atoms with E-state index in [0.29, 0.717) is 12.0 Å². The highest BCUT2D eigenvalue weighted by Crippen LogP contribution is 2.40. The number of rotatable bonds is 4. The molecule has 0 aliphatic carbocycles. The number of hydrogen-bond acceptors (Lipinski definition) is 6. The highest BCUT2D eigenvalue weighted by Gasteiger charge is 2.35. The molecule has 9 nitrogen and oxygen atoms in total. The highest BCUT2D eigenvalue weighted by atomic mass is 32.2. The molecule has 1 aromatic heterocycles. The Morgan fingerprint density at radius 2 is 2.29 bits per heavy atom. The third-order valence-electron chi connectivity index (χ3n) is 3.33. The van der Waals surface area contributed by atoms with Gasteiger partial charge < -0.3 is 10.2 Å². The molecule has 0 spiro atoms. The van der Waals surface area contributed by atoms with Crippen LogP contribution in [0.15, 0.2) is 20.9 Å². The molecule has 10 heteroatoms. The van der Waals surface area contributed by atoms with Crippen molar-refractivity contribution in [1.82, 2.24) is 9.13 Å². The molecule has 0 saturated carbocycles. The summed E-state index contributed by atoms with van der Waals surface area (Å²) in [7, 11) is 0. The van der Waals surface area contributed by atoms with Gasteiger partial charge >= 0.3 is 5.69 Å². The van der Waals surface area contributed by atoms with Gasteiger partial charge in [-0.15, -0.1) is 11.8 Å². The molecular weight excluding hydrogens is 298 g/mol. The van der Waals surface area contributed by atoms with Crippen molar-refractivity contribution in [2.45, 2.75) is 36.7 Å². The van der Waals surface area contributed by atoms with Crippen LogP contribution in [0.4, 0.5) is 0 Å². The number of thioether (sulfide) groups is 1. The number of azide groups is 1. The zero-order valence-corrected chi connectivity index (χ0v) is 12.1. The Labute approximate surface area is 123 Å². The van der Waals surface area contributed by atoms with Crippen LogP contribution in [0.2, 0.25) is 0 Å². The second-order valence-electron chi connectivity index (χ2n) is 4.72. The molecule has 2 rings (SSSR count). The van der Waals surface area contributed by atoms with Gasteiger partial charge in [-0.1, -0.05) is 5.11 Å². The molecule has 1 aliphatic rings. The van der Waals surface area contributed by atoms with E-state index in [-0.39, 0.29) is 23.9 Å². The largest absolute Gasteiger partial charge is 0.395 e. The van der Waals surface area contributed by atoms with Crippen LogP contribution in [0.25, 0.3) is 10.4 Å². The first-order valence-electron chi connectivity index (χ1n) is 6.27. The Bertz CT molecular complexity index is 693. The quantitative estimate of drug-likeness (QED) is 0.456. The fourth-order valence-electron chi connectivity index (χ4n) is 2.23. The molecule has 2 unspecified atom stereocenters. The standard InChI is InChI=1S/C11H15N5O4S/c1-6-3-15(9-2-7(18)8(4-17)21-9)11(20)16(10(6)19)5-13-14-12/h3,7-9,17-18H,2,4-5H2,1H3/t7?,8-,9?/m1/s1. The monoisotopic (exact) mass is 313 g/mol. The zero-order valence-electron chi connectivity index (χ0n) is 11.3. The normalized spacial score (nSPS) is 24.8. The van der Waals surface area contributed by atoms with Gasteiger partial charge in [0.05, 0.1) is 23.3 Å². The van der Waals surface area contributed by atoms with Gasteiger partial charge in [0.25, 0.3) is 5.56 Å². The van der Waals surface area contributed by atoms with E-state index in [1.54, 1.807) is 6.92 Å². The molecule has 0 radical (unpaired) electrons. The molecule has 1 aromatic rings. The predicted octanol–water partition coefficient (Wildman–Crippen LogP) is -0.0565. The van der Waals surface area contributed by atoms with E-state index >= 15 is 0 Å². The Hall–Kier alpha value is -1.74. The third-order valence-corrected chi connectivity index (χ3v) is 4.88. The molecule has 114 valence electrons. The summed E-state index contributed by atoms with van der Waals surface area (Å²) in [6.45, 7) is 0.998. The van der Waals surface area contributed by atoms with Crippen LogP contribution in [0.5, 0.6) is 0 Å². The minimum Gasteiger partial charge on any atom is -0.395 e. The third kappa shape index (κ3) is 2.98. The Morgan fingerprint density at radius 3 is 2.86 bits per heavy atom. The molecule has 21 heavy (non-hydrogen) atoms. The first-order valence-corrected chi connectivity index (χ1v) is 7.21. The molecule has 1 fully saturated rings. The number of aromatic nitrogens is 2. The van der Waals surface area contributed by atoms with E-state index in [1.807, 2.05) is 0 Å². The van der Waals surface area contributed by atoms with Gasteiger partial charge in [0.1, 0.15) is 6.67 Å². The minimum atomic E-state index is -0.713. The van der Waals surface area contributed by atoms with Crippen molar-refractivity contribution in [3.05, 3.63) is 43.0 Å². The lowest BCUT2D eigenvalue weighted by Crippen LogP contribution is -2.41. The van der Waals surface area contributed by atoms with Gasteiger partial charge in [-0.05, 0) is 12.5 Å². The lowest BCUT2D eigenvalue weighted by Gasteiger charge is -2.15. The molecule has 0 bridgehead atoms. The van der Waals surface area contributed by atoms with Crippen LogP contribution in [-0.2, 0) is 6.67 Å². The summed E-state index contributed by atoms with van der Waals surface area (Å²) in [6, 6.07) is 0. The summed E-state index contributed by atoms with van der Waals surface area (Å²) in [5.74, 6) is 0. The summed E-state index contributed by atoms with van der Waals surface area (Å²) in [5, 5.41) is 21.5. The Morgan fingerprint density at radius 1 is 1.57 bits per heavy atom. The van der Waals surface area contributed by atoms with Crippen LogP contribution < -0.4 is 11.2 Å². The maximum atomic E-state index is 12.3. The average Bonchev–Trinajstić information content (AvgIpc) is 2.84. The summed E-state index contributed by atoms with van der Waals surface area (Å²) < 4.78 is 2.20. The van der Waals surface area contributed by atoms with Crippen molar-refractivity contribution in [3.8, 4) is 0 Å². The van der Waals surface area contributed by atoms with Crippen molar-refractivity contribution < 1.29 is 10.2 Å². The first kappa shape index (κ1) is 15.6. The van der Waals surface area contributed by atoms with Crippen LogP contribution in [0.1, 0.15) is 17.4 Å². The Balaban J connectivity index is 2.46. The smallest absolute Gasteiger partial charge is 0.332 e. The number of aliphatic hydroxyl groups excluding tert-OH is 2. The fourth-order valence-corrected chi connectivity index (χ4v) is 3.60. The fraction of sp³-hybridized carbons (Fsp3) is 0.636. The van der Waals surface area contributed by atoms with Crippen LogP contribution in [-0.4, -0.2) is 37.3 Å². The van der Waals surface area contributed by atoms with Gasteiger partial charge in [-0.2, -0.15) is 0 Å². The van der Waals surface area contributed by atoms with Crippen molar-refractivity contribution in [2.24, 2.45) is 5.11 Å². The van der Waals surface area contributed by atoms with Crippen LogP contribution in [0, 0.1) is 6.92 Å². The van der Waals surface area contributed by atoms with Crippen molar-refractivity contribution in [3.63, 3.8) is 0 Å². The van der Waals surface area contributed by atoms with Crippen molar-refractivity contribution in [2.75, 3.05) is 6.61 Å². The summed E-state index contributed by atoms with van der Waals surface area (Å²) >= 11 is 1.28. The van der Waals surface area contributed by atoms with Crippen LogP contribution >= 0.6 is 11.8 Å². The van der Waals surface area contributed by atoms with E-state index < -0.39 is 17.4 Å². The van der Waals surface area contributed by atoms with Gasteiger partial charge in [0.2, 0.25) is 0 Å². The molecular formula is C11H15N5O4S. The molecule has 1 saturated heterocycles. The van der Waals surface area contributed by atoms with Gasteiger partial charge in [0.15, 0.2) is 0 Å². The first-order chi connectivity index (χ1) is 9.99. The van der Waals surface area contributed by atoms with E-state index in [0.717, 1.165) is 4.57 Å². The zero-order chi connectivity index (χ0) is 15.6. The van der Waals surface area contributed by atoms with Crippen LogP contribution in [0.3, 0.4) is 0 Å². The molecule has 2 heterocycles. The number of nitrogens with zero attached hydrogens (tertiary/aromatic N) is 5. The number of aliphatic hydroxyl groups is 2. The summed E-state index contributed by atoms with van der Waals surface area (Å²) in [6.07, 6.45) is 1.02. The maximum absolute atomic E-state index is 12.3. The van der Waals surface area contributed by atoms with Crippen molar-refractivity contribution >= 4 is 11.8 Å². The molecule has 0 aromatic carbocycles. The number of aryl methyl sites for hydroxylation is 1. The van der Waals surface area contributed by atoms with Crippen molar-refractivity contribution in [1.29, 1.82) is 0 Å². The second kappa shape index (κ2) is 6.35. The minimum absolute atomic E-state index is 0.186. The Kier molecular flexibility index (Phi) is 4.73. The lowest BCUT2D eigenvalue weighted by molar-refractivity contribution is 0.137. The topological polar surface area (TPSA) is 133 Å². The summed E-state index contributed by atoms with van der Waals surface area (Å²) in [5.41, 5.74) is 7.56. The maximum Gasteiger partial charge on any atom is 0.332 e. The molecule has 1 aliphatic heterocycles. The lowest BCUT2D eigenvalue weighted by atomic mass is 10.2. The van der Waals surface area contributed by atoms with E-state index in [2.05, 4.69) is 10.0 Å². The predicted molar refractivity (Wildman–Crippen MR) is 77.0 cm³/mol. The second-order valence-corrected chi connectivity index (χ2v) is 6.14. The molecule has 2 N–H and O–H groups in total.